The molecule has 22 heavy (non-hydrogen) atoms. The van der Waals surface area contributed by atoms with E-state index in [1.807, 2.05) is 0 Å². The van der Waals surface area contributed by atoms with E-state index in [-0.39, 0.29) is 0 Å². The third-order valence-electron chi connectivity index (χ3n) is 5.04. The smallest absolute Gasteiger partial charge is 0.0914 e. The molecule has 0 aromatic heterocycles. The summed E-state index contributed by atoms with van der Waals surface area (Å²) in [6.45, 7) is 7.14. The predicted octanol–water partition coefficient (Wildman–Crippen LogP) is 4.68. The monoisotopic (exact) mass is 303 g/mol. The average molecular weight is 303 g/mol. The second kappa shape index (κ2) is 8.69. The Hall–Kier alpha value is -0.860. The Kier molecular flexibility index (Phi) is 6.91. The number of aryl methyl sites for hydroxylation is 2. The van der Waals surface area contributed by atoms with E-state index in [1.54, 1.807) is 0 Å². The van der Waals surface area contributed by atoms with Crippen LogP contribution in [0.15, 0.2) is 18.2 Å². The fourth-order valence-corrected chi connectivity index (χ4v) is 3.75. The summed E-state index contributed by atoms with van der Waals surface area (Å²) in [6, 6.07) is 6.95. The van der Waals surface area contributed by atoms with Crippen LogP contribution in [0.5, 0.6) is 0 Å². The van der Waals surface area contributed by atoms with Gasteiger partial charge in [0, 0.05) is 12.6 Å². The van der Waals surface area contributed by atoms with Gasteiger partial charge in [0.25, 0.3) is 0 Å². The molecule has 0 aliphatic heterocycles. The van der Waals surface area contributed by atoms with Crippen LogP contribution in [0, 0.1) is 19.8 Å². The molecule has 0 saturated heterocycles. The van der Waals surface area contributed by atoms with E-state index in [9.17, 15) is 5.11 Å². The molecule has 2 nitrogen and oxygen atoms in total. The Bertz CT molecular complexity index is 429. The van der Waals surface area contributed by atoms with Crippen molar-refractivity contribution in [2.24, 2.45) is 5.92 Å². The first-order valence-corrected chi connectivity index (χ1v) is 9.08. The number of nitrogens with one attached hydrogen (secondary N) is 1. The summed E-state index contributed by atoms with van der Waals surface area (Å²) in [5, 5.41) is 14.0. The van der Waals surface area contributed by atoms with Gasteiger partial charge >= 0.3 is 0 Å². The number of aliphatic hydroxyl groups excluding tert-OH is 1. The predicted molar refractivity (Wildman–Crippen MR) is 94.1 cm³/mol. The molecule has 0 spiro atoms. The summed E-state index contributed by atoms with van der Waals surface area (Å²) in [5.74, 6) is 0.947. The van der Waals surface area contributed by atoms with Gasteiger partial charge in [0.1, 0.15) is 0 Å². The van der Waals surface area contributed by atoms with Crippen molar-refractivity contribution in [2.75, 3.05) is 6.54 Å². The first kappa shape index (κ1) is 17.5. The molecule has 0 bridgehead atoms. The maximum Gasteiger partial charge on any atom is 0.0914 e. The molecule has 1 aromatic carbocycles. The molecule has 1 aliphatic rings. The summed E-state index contributed by atoms with van der Waals surface area (Å²) < 4.78 is 0. The van der Waals surface area contributed by atoms with Crippen LogP contribution < -0.4 is 5.32 Å². The SMILES string of the molecule is CCCCC1CCC(NCC(O)c2cc(C)cc(C)c2)CC1. The lowest BCUT2D eigenvalue weighted by molar-refractivity contribution is 0.161. The summed E-state index contributed by atoms with van der Waals surface area (Å²) in [7, 11) is 0. The maximum atomic E-state index is 10.4. The van der Waals surface area contributed by atoms with Crippen molar-refractivity contribution in [1.82, 2.24) is 5.32 Å². The van der Waals surface area contributed by atoms with Crippen molar-refractivity contribution in [1.29, 1.82) is 0 Å². The summed E-state index contributed by atoms with van der Waals surface area (Å²) in [5.41, 5.74) is 3.50. The van der Waals surface area contributed by atoms with Crippen molar-refractivity contribution in [3.8, 4) is 0 Å². The highest BCUT2D eigenvalue weighted by atomic mass is 16.3. The van der Waals surface area contributed by atoms with Crippen molar-refractivity contribution in [2.45, 2.75) is 77.9 Å². The molecular weight excluding hydrogens is 270 g/mol. The van der Waals surface area contributed by atoms with Gasteiger partial charge in [-0.25, -0.2) is 0 Å². The van der Waals surface area contributed by atoms with Crippen LogP contribution in [-0.4, -0.2) is 17.7 Å². The van der Waals surface area contributed by atoms with E-state index in [4.69, 9.17) is 0 Å². The third kappa shape index (κ3) is 5.40. The van der Waals surface area contributed by atoms with Crippen LogP contribution in [0.4, 0.5) is 0 Å². The van der Waals surface area contributed by atoms with Crippen LogP contribution in [0.2, 0.25) is 0 Å². The lowest BCUT2D eigenvalue weighted by Gasteiger charge is -2.30. The molecule has 0 radical (unpaired) electrons. The maximum absolute atomic E-state index is 10.4. The van der Waals surface area contributed by atoms with Crippen molar-refractivity contribution >= 4 is 0 Å². The Morgan fingerprint density at radius 2 is 1.73 bits per heavy atom. The molecule has 1 unspecified atom stereocenters. The van der Waals surface area contributed by atoms with Gasteiger partial charge in [-0.1, -0.05) is 55.5 Å². The number of rotatable bonds is 7. The van der Waals surface area contributed by atoms with Gasteiger partial charge in [-0.3, -0.25) is 0 Å². The highest BCUT2D eigenvalue weighted by molar-refractivity contribution is 5.30. The Morgan fingerprint density at radius 3 is 2.32 bits per heavy atom. The molecule has 124 valence electrons. The van der Waals surface area contributed by atoms with Crippen LogP contribution in [0.3, 0.4) is 0 Å². The van der Waals surface area contributed by atoms with E-state index < -0.39 is 6.10 Å². The Balaban J connectivity index is 1.74. The van der Waals surface area contributed by atoms with Gasteiger partial charge in [0.15, 0.2) is 0 Å². The molecule has 1 aromatic rings. The zero-order valence-electron chi connectivity index (χ0n) is 14.6. The van der Waals surface area contributed by atoms with Crippen molar-refractivity contribution < 1.29 is 5.11 Å². The van der Waals surface area contributed by atoms with Gasteiger partial charge in [-0.2, -0.15) is 0 Å². The Labute approximate surface area is 136 Å². The normalized spacial score (nSPS) is 23.5. The molecule has 0 heterocycles. The zero-order valence-corrected chi connectivity index (χ0v) is 14.6. The quantitative estimate of drug-likeness (QED) is 0.767. The van der Waals surface area contributed by atoms with E-state index in [0.29, 0.717) is 12.6 Å². The highest BCUT2D eigenvalue weighted by Gasteiger charge is 2.21. The van der Waals surface area contributed by atoms with Crippen LogP contribution in [0.1, 0.15) is 74.7 Å². The minimum atomic E-state index is -0.392. The number of unbranched alkanes of at least 4 members (excludes halogenated alkanes) is 1. The van der Waals surface area contributed by atoms with E-state index in [1.165, 1.54) is 56.1 Å². The van der Waals surface area contributed by atoms with Crippen molar-refractivity contribution in [3.05, 3.63) is 34.9 Å². The molecule has 1 atom stereocenters. The molecule has 2 rings (SSSR count). The third-order valence-corrected chi connectivity index (χ3v) is 5.04. The van der Waals surface area contributed by atoms with Gasteiger partial charge in [-0.15, -0.1) is 0 Å². The molecular formula is C20H33NO. The van der Waals surface area contributed by atoms with Crippen LogP contribution in [-0.2, 0) is 0 Å². The second-order valence-corrected chi connectivity index (χ2v) is 7.20. The Morgan fingerprint density at radius 1 is 1.09 bits per heavy atom. The standard InChI is InChI=1S/C20H33NO/c1-4-5-6-17-7-9-19(10-8-17)21-14-20(22)18-12-15(2)11-16(3)13-18/h11-13,17,19-22H,4-10,14H2,1-3H3. The summed E-state index contributed by atoms with van der Waals surface area (Å²) in [4.78, 5) is 0. The molecule has 1 aliphatic carbocycles. The van der Waals surface area contributed by atoms with E-state index in [2.05, 4.69) is 44.3 Å². The van der Waals surface area contributed by atoms with Crippen LogP contribution >= 0.6 is 0 Å². The fraction of sp³-hybridized carbons (Fsp3) is 0.700. The molecule has 1 saturated carbocycles. The minimum Gasteiger partial charge on any atom is -0.387 e. The lowest BCUT2D eigenvalue weighted by atomic mass is 9.83. The number of aliphatic hydroxyl groups is 1. The summed E-state index contributed by atoms with van der Waals surface area (Å²) >= 11 is 0. The lowest BCUT2D eigenvalue weighted by Crippen LogP contribution is -2.35. The van der Waals surface area contributed by atoms with Gasteiger partial charge in [0.05, 0.1) is 6.10 Å². The molecule has 2 heteroatoms. The highest BCUT2D eigenvalue weighted by Crippen LogP contribution is 2.28. The second-order valence-electron chi connectivity index (χ2n) is 7.20. The van der Waals surface area contributed by atoms with Crippen molar-refractivity contribution in [3.63, 3.8) is 0 Å². The number of hydrogen-bond donors (Lipinski definition) is 2. The topological polar surface area (TPSA) is 32.3 Å². The van der Waals surface area contributed by atoms with Gasteiger partial charge < -0.3 is 10.4 Å². The largest absolute Gasteiger partial charge is 0.387 e. The molecule has 2 N–H and O–H groups in total. The summed E-state index contributed by atoms with van der Waals surface area (Å²) in [6.07, 6.45) is 8.98. The van der Waals surface area contributed by atoms with Gasteiger partial charge in [-0.05, 0) is 51.0 Å². The first-order chi connectivity index (χ1) is 10.6. The van der Waals surface area contributed by atoms with E-state index >= 15 is 0 Å². The van der Waals surface area contributed by atoms with Crippen LogP contribution in [0.25, 0.3) is 0 Å². The zero-order chi connectivity index (χ0) is 15.9. The number of benzene rings is 1. The molecule has 1 fully saturated rings. The number of hydrogen-bond acceptors (Lipinski definition) is 2. The minimum absolute atomic E-state index is 0.392. The average Bonchev–Trinajstić information content (AvgIpc) is 2.50. The fourth-order valence-electron chi connectivity index (χ4n) is 3.75. The molecule has 0 amide bonds. The van der Waals surface area contributed by atoms with E-state index in [0.717, 1.165) is 11.5 Å². The van der Waals surface area contributed by atoms with Gasteiger partial charge in [0.2, 0.25) is 0 Å². The first-order valence-electron chi connectivity index (χ1n) is 9.08.